The minimum atomic E-state index is 0.739. The summed E-state index contributed by atoms with van der Waals surface area (Å²) < 4.78 is 10.1. The quantitative estimate of drug-likeness (QED) is 0.719. The lowest BCUT2D eigenvalue weighted by atomic mass is 10.1. The lowest BCUT2D eigenvalue weighted by molar-refractivity contribution is 0.202. The molecular formula is C10H11NO2. The van der Waals surface area contributed by atoms with E-state index in [1.54, 1.807) is 7.11 Å². The summed E-state index contributed by atoms with van der Waals surface area (Å²) in [5.41, 5.74) is 2.97. The standard InChI is InChI=1S/C10H11NO2/c1-12-5-4-8-2-3-10-9(6-8)11-7-13-10/h2-3,6-7H,4-5H2,1H3. The average Bonchev–Trinajstić information content (AvgIpc) is 2.61. The van der Waals surface area contributed by atoms with E-state index in [1.807, 2.05) is 18.2 Å². The van der Waals surface area contributed by atoms with Crippen LogP contribution in [0.4, 0.5) is 0 Å². The monoisotopic (exact) mass is 177 g/mol. The maximum absolute atomic E-state index is 5.13. The van der Waals surface area contributed by atoms with Gasteiger partial charge in [0.15, 0.2) is 12.0 Å². The van der Waals surface area contributed by atoms with Gasteiger partial charge in [-0.1, -0.05) is 6.07 Å². The first-order valence-corrected chi connectivity index (χ1v) is 4.21. The maximum Gasteiger partial charge on any atom is 0.181 e. The molecule has 0 spiro atoms. The minimum Gasteiger partial charge on any atom is -0.443 e. The number of oxazole rings is 1. The number of rotatable bonds is 3. The molecule has 13 heavy (non-hydrogen) atoms. The zero-order valence-electron chi connectivity index (χ0n) is 7.49. The Kier molecular flexibility index (Phi) is 2.27. The van der Waals surface area contributed by atoms with Crippen molar-refractivity contribution in [1.82, 2.24) is 4.98 Å². The number of fused-ring (bicyclic) bond motifs is 1. The fraction of sp³-hybridized carbons (Fsp3) is 0.300. The van der Waals surface area contributed by atoms with E-state index in [0.29, 0.717) is 0 Å². The van der Waals surface area contributed by atoms with Crippen LogP contribution in [0.15, 0.2) is 29.0 Å². The summed E-state index contributed by atoms with van der Waals surface area (Å²) in [4.78, 5) is 4.08. The molecule has 0 saturated carbocycles. The highest BCUT2D eigenvalue weighted by Crippen LogP contribution is 2.14. The summed E-state index contributed by atoms with van der Waals surface area (Å²) in [7, 11) is 1.70. The first-order valence-electron chi connectivity index (χ1n) is 4.21. The Balaban J connectivity index is 2.26. The van der Waals surface area contributed by atoms with Gasteiger partial charge >= 0.3 is 0 Å². The van der Waals surface area contributed by atoms with E-state index in [1.165, 1.54) is 12.0 Å². The molecule has 1 heterocycles. The van der Waals surface area contributed by atoms with E-state index in [4.69, 9.17) is 9.15 Å². The zero-order chi connectivity index (χ0) is 9.10. The Hall–Kier alpha value is -1.35. The zero-order valence-corrected chi connectivity index (χ0v) is 7.49. The normalized spacial score (nSPS) is 10.8. The van der Waals surface area contributed by atoms with Crippen molar-refractivity contribution in [2.24, 2.45) is 0 Å². The van der Waals surface area contributed by atoms with Crippen LogP contribution in [0.1, 0.15) is 5.56 Å². The van der Waals surface area contributed by atoms with Gasteiger partial charge < -0.3 is 9.15 Å². The van der Waals surface area contributed by atoms with Crippen molar-refractivity contribution in [2.75, 3.05) is 13.7 Å². The van der Waals surface area contributed by atoms with Crippen molar-refractivity contribution >= 4 is 11.1 Å². The first kappa shape index (κ1) is 8.26. The molecule has 0 saturated heterocycles. The van der Waals surface area contributed by atoms with Crippen LogP contribution in [0.25, 0.3) is 11.1 Å². The number of methoxy groups -OCH3 is 1. The molecule has 0 aliphatic carbocycles. The smallest absolute Gasteiger partial charge is 0.181 e. The lowest BCUT2D eigenvalue weighted by Gasteiger charge is -1.98. The molecule has 1 aromatic carbocycles. The summed E-state index contributed by atoms with van der Waals surface area (Å²) in [6.07, 6.45) is 2.38. The van der Waals surface area contributed by atoms with Crippen LogP contribution in [0, 0.1) is 0 Å². The van der Waals surface area contributed by atoms with Crippen LogP contribution in [0.2, 0.25) is 0 Å². The molecule has 0 N–H and O–H groups in total. The van der Waals surface area contributed by atoms with Crippen molar-refractivity contribution in [2.45, 2.75) is 6.42 Å². The van der Waals surface area contributed by atoms with Crippen molar-refractivity contribution in [1.29, 1.82) is 0 Å². The van der Waals surface area contributed by atoms with Gasteiger partial charge in [0, 0.05) is 7.11 Å². The van der Waals surface area contributed by atoms with Gasteiger partial charge in [-0.3, -0.25) is 0 Å². The molecule has 0 aliphatic heterocycles. The summed E-state index contributed by atoms with van der Waals surface area (Å²) in [6, 6.07) is 6.00. The molecule has 3 heteroatoms. The second-order valence-electron chi connectivity index (χ2n) is 2.90. The van der Waals surface area contributed by atoms with Gasteiger partial charge in [0.2, 0.25) is 0 Å². The summed E-state index contributed by atoms with van der Waals surface area (Å²) in [5, 5.41) is 0. The van der Waals surface area contributed by atoms with E-state index in [9.17, 15) is 0 Å². The molecule has 0 atom stereocenters. The highest BCUT2D eigenvalue weighted by molar-refractivity contribution is 5.72. The van der Waals surface area contributed by atoms with Gasteiger partial charge in [-0.25, -0.2) is 4.98 Å². The summed E-state index contributed by atoms with van der Waals surface area (Å²) in [5.74, 6) is 0. The van der Waals surface area contributed by atoms with Gasteiger partial charge in [-0.15, -0.1) is 0 Å². The van der Waals surface area contributed by atoms with Crippen LogP contribution < -0.4 is 0 Å². The van der Waals surface area contributed by atoms with Crippen LogP contribution in [0.5, 0.6) is 0 Å². The van der Waals surface area contributed by atoms with Crippen LogP contribution in [-0.2, 0) is 11.2 Å². The highest BCUT2D eigenvalue weighted by atomic mass is 16.5. The number of aromatic nitrogens is 1. The Morgan fingerprint density at radius 2 is 2.38 bits per heavy atom. The minimum absolute atomic E-state index is 0.739. The van der Waals surface area contributed by atoms with E-state index < -0.39 is 0 Å². The molecular weight excluding hydrogens is 166 g/mol. The SMILES string of the molecule is COCCc1ccc2ocnc2c1. The molecule has 0 aliphatic rings. The van der Waals surface area contributed by atoms with Crippen LogP contribution >= 0.6 is 0 Å². The van der Waals surface area contributed by atoms with E-state index in [0.717, 1.165) is 24.1 Å². The van der Waals surface area contributed by atoms with Crippen LogP contribution in [-0.4, -0.2) is 18.7 Å². The predicted molar refractivity (Wildman–Crippen MR) is 49.6 cm³/mol. The molecule has 2 rings (SSSR count). The summed E-state index contributed by atoms with van der Waals surface area (Å²) >= 11 is 0. The number of ether oxygens (including phenoxy) is 1. The van der Waals surface area contributed by atoms with E-state index in [-0.39, 0.29) is 0 Å². The Bertz CT molecular complexity index is 394. The van der Waals surface area contributed by atoms with Crippen molar-refractivity contribution in [3.8, 4) is 0 Å². The number of nitrogens with zero attached hydrogens (tertiary/aromatic N) is 1. The molecule has 68 valence electrons. The van der Waals surface area contributed by atoms with E-state index >= 15 is 0 Å². The highest BCUT2D eigenvalue weighted by Gasteiger charge is 1.99. The number of benzene rings is 1. The second-order valence-corrected chi connectivity index (χ2v) is 2.90. The predicted octanol–water partition coefficient (Wildman–Crippen LogP) is 2.02. The third-order valence-corrected chi connectivity index (χ3v) is 1.99. The van der Waals surface area contributed by atoms with Crippen molar-refractivity contribution < 1.29 is 9.15 Å². The van der Waals surface area contributed by atoms with Gasteiger partial charge in [0.25, 0.3) is 0 Å². The Morgan fingerprint density at radius 3 is 3.23 bits per heavy atom. The molecule has 0 fully saturated rings. The fourth-order valence-corrected chi connectivity index (χ4v) is 1.28. The number of hydrogen-bond donors (Lipinski definition) is 0. The maximum atomic E-state index is 5.13. The molecule has 0 unspecified atom stereocenters. The third kappa shape index (κ3) is 1.70. The fourth-order valence-electron chi connectivity index (χ4n) is 1.28. The van der Waals surface area contributed by atoms with Crippen molar-refractivity contribution in [3.63, 3.8) is 0 Å². The van der Waals surface area contributed by atoms with Crippen molar-refractivity contribution in [3.05, 3.63) is 30.2 Å². The molecule has 1 aromatic heterocycles. The Labute approximate surface area is 76.3 Å². The largest absolute Gasteiger partial charge is 0.443 e. The second kappa shape index (κ2) is 3.58. The van der Waals surface area contributed by atoms with Gasteiger partial charge in [-0.2, -0.15) is 0 Å². The van der Waals surface area contributed by atoms with Gasteiger partial charge in [0.05, 0.1) is 6.61 Å². The molecule has 0 radical (unpaired) electrons. The average molecular weight is 177 g/mol. The summed E-state index contributed by atoms with van der Waals surface area (Å²) in [6.45, 7) is 0.739. The molecule has 0 amide bonds. The third-order valence-electron chi connectivity index (χ3n) is 1.99. The topological polar surface area (TPSA) is 35.3 Å². The van der Waals surface area contributed by atoms with E-state index in [2.05, 4.69) is 4.98 Å². The number of hydrogen-bond acceptors (Lipinski definition) is 3. The van der Waals surface area contributed by atoms with Gasteiger partial charge in [0.1, 0.15) is 5.52 Å². The molecule has 0 bridgehead atoms. The van der Waals surface area contributed by atoms with Gasteiger partial charge in [-0.05, 0) is 24.1 Å². The Morgan fingerprint density at radius 1 is 1.46 bits per heavy atom. The van der Waals surface area contributed by atoms with Crippen LogP contribution in [0.3, 0.4) is 0 Å². The first-order chi connectivity index (χ1) is 6.40. The molecule has 2 aromatic rings. The lowest BCUT2D eigenvalue weighted by Crippen LogP contribution is -1.93. The molecule has 3 nitrogen and oxygen atoms in total.